The fraction of sp³-hybridized carbons (Fsp3) is 0.500. The zero-order valence-corrected chi connectivity index (χ0v) is 14.3. The van der Waals surface area contributed by atoms with Crippen molar-refractivity contribution in [2.45, 2.75) is 26.2 Å². The molecule has 0 aromatic heterocycles. The monoisotopic (exact) mass is 367 g/mol. The first-order chi connectivity index (χ1) is 10.7. The molecule has 0 spiro atoms. The van der Waals surface area contributed by atoms with Crippen LogP contribution in [0.3, 0.4) is 0 Å². The Morgan fingerprint density at radius 3 is 2.39 bits per heavy atom. The summed E-state index contributed by atoms with van der Waals surface area (Å²) in [5.41, 5.74) is 5.37. The van der Waals surface area contributed by atoms with Crippen LogP contribution in [-0.4, -0.2) is 41.9 Å². The SMILES string of the molecule is CC(=O)O[PH](N)(Cl)OC(=O)NCCCCCN1C(=O)C=CC1=O. The number of imide groups is 1. The molecule has 0 radical (unpaired) electrons. The van der Waals surface area contributed by atoms with Crippen molar-refractivity contribution in [2.24, 2.45) is 5.50 Å². The minimum absolute atomic E-state index is 0.292. The first-order valence-electron chi connectivity index (χ1n) is 6.89. The Bertz CT molecular complexity index is 507. The maximum absolute atomic E-state index is 11.4. The number of nitrogens with zero attached hydrogens (tertiary/aromatic N) is 1. The summed E-state index contributed by atoms with van der Waals surface area (Å²) in [7, 11) is -3.82. The second-order valence-electron chi connectivity index (χ2n) is 4.71. The van der Waals surface area contributed by atoms with E-state index in [0.717, 1.165) is 11.8 Å². The quantitative estimate of drug-likeness (QED) is 0.371. The summed E-state index contributed by atoms with van der Waals surface area (Å²) in [5, 5.41) is 2.42. The van der Waals surface area contributed by atoms with Crippen LogP contribution in [0.4, 0.5) is 4.79 Å². The Morgan fingerprint density at radius 1 is 1.22 bits per heavy atom. The van der Waals surface area contributed by atoms with Crippen LogP contribution in [0.5, 0.6) is 0 Å². The number of rotatable bonds is 8. The molecule has 9 nitrogen and oxygen atoms in total. The Morgan fingerprint density at radius 2 is 1.83 bits per heavy atom. The van der Waals surface area contributed by atoms with Gasteiger partial charge in [0.1, 0.15) is 0 Å². The van der Waals surface area contributed by atoms with E-state index in [-0.39, 0.29) is 11.8 Å². The van der Waals surface area contributed by atoms with Crippen LogP contribution in [0.25, 0.3) is 0 Å². The number of nitrogens with two attached hydrogens (primary N) is 1. The molecule has 1 aliphatic rings. The van der Waals surface area contributed by atoms with Crippen molar-refractivity contribution < 1.29 is 28.2 Å². The van der Waals surface area contributed by atoms with Crippen molar-refractivity contribution in [1.82, 2.24) is 10.2 Å². The fourth-order valence-corrected chi connectivity index (χ4v) is 3.09. The molecule has 1 rings (SSSR count). The molecule has 0 unspecified atom stereocenters. The van der Waals surface area contributed by atoms with Gasteiger partial charge in [0.05, 0.1) is 0 Å². The number of amides is 3. The van der Waals surface area contributed by atoms with Crippen molar-refractivity contribution in [2.75, 3.05) is 13.1 Å². The number of hydrogen-bond donors (Lipinski definition) is 2. The van der Waals surface area contributed by atoms with Crippen LogP contribution in [0.1, 0.15) is 26.2 Å². The molecule has 0 aliphatic carbocycles. The molecule has 1 heterocycles. The fourth-order valence-electron chi connectivity index (χ4n) is 1.79. The molecule has 130 valence electrons. The first-order valence-corrected chi connectivity index (χ1v) is 9.79. The van der Waals surface area contributed by atoms with Gasteiger partial charge in [-0.05, 0) is 0 Å². The molecular formula is C12H19ClN3O6P. The Kier molecular flexibility index (Phi) is 7.41. The van der Waals surface area contributed by atoms with Crippen molar-refractivity contribution in [1.29, 1.82) is 0 Å². The molecule has 3 N–H and O–H groups in total. The second-order valence-corrected chi connectivity index (χ2v) is 7.87. The third-order valence-corrected chi connectivity index (χ3v) is 4.24. The van der Waals surface area contributed by atoms with Gasteiger partial charge in [0.15, 0.2) is 0 Å². The average molecular weight is 368 g/mol. The van der Waals surface area contributed by atoms with Crippen molar-refractivity contribution in [3.63, 3.8) is 0 Å². The van der Waals surface area contributed by atoms with Crippen LogP contribution >= 0.6 is 18.5 Å². The Hall–Kier alpha value is -1.70. The summed E-state index contributed by atoms with van der Waals surface area (Å²) in [6, 6.07) is 0. The van der Waals surface area contributed by atoms with E-state index in [2.05, 4.69) is 14.4 Å². The number of carbonyl (C=O) groups is 4. The Balaban J connectivity index is 2.11. The van der Waals surface area contributed by atoms with E-state index in [1.165, 1.54) is 12.2 Å². The summed E-state index contributed by atoms with van der Waals surface area (Å²) in [6.45, 7) is 1.73. The summed E-state index contributed by atoms with van der Waals surface area (Å²) < 4.78 is 9.16. The minimum atomic E-state index is -3.82. The van der Waals surface area contributed by atoms with Gasteiger partial charge in [0.25, 0.3) is 0 Å². The third kappa shape index (κ3) is 7.40. The number of hydrogen-bond acceptors (Lipinski definition) is 7. The Labute approximate surface area is 138 Å². The molecule has 0 saturated carbocycles. The molecule has 0 fully saturated rings. The molecular weight excluding hydrogens is 349 g/mol. The zero-order chi connectivity index (χ0) is 17.5. The zero-order valence-electron chi connectivity index (χ0n) is 12.5. The topological polar surface area (TPSA) is 128 Å². The predicted molar refractivity (Wildman–Crippen MR) is 84.3 cm³/mol. The third-order valence-electron chi connectivity index (χ3n) is 2.74. The molecule has 0 aromatic rings. The van der Waals surface area contributed by atoms with Gasteiger partial charge in [-0.1, -0.05) is 0 Å². The molecule has 0 aromatic carbocycles. The second kappa shape index (κ2) is 8.81. The molecule has 0 bridgehead atoms. The molecule has 0 atom stereocenters. The maximum atomic E-state index is 11.4. The molecule has 11 heteroatoms. The van der Waals surface area contributed by atoms with Gasteiger partial charge >= 0.3 is 138 Å². The van der Waals surface area contributed by atoms with Crippen LogP contribution in [0.2, 0.25) is 0 Å². The van der Waals surface area contributed by atoms with Crippen LogP contribution < -0.4 is 10.8 Å². The van der Waals surface area contributed by atoms with Crippen molar-refractivity contribution in [3.05, 3.63) is 12.2 Å². The number of nitrogens with one attached hydrogen (secondary N) is 1. The van der Waals surface area contributed by atoms with Gasteiger partial charge in [-0.3, -0.25) is 0 Å². The standard InChI is InChI=1S/C12H19ClN3O6P/c1-9(17)21-23(13,14)22-12(20)15-7-3-2-4-8-16-10(18)5-6-11(16)19/h5-6,23H,2-4,7-8,14H2,1H3,(H,15,20). The van der Waals surface area contributed by atoms with E-state index < -0.39 is 19.3 Å². The number of halogens is 1. The van der Waals surface area contributed by atoms with Crippen LogP contribution in [0, 0.1) is 0 Å². The van der Waals surface area contributed by atoms with E-state index in [0.29, 0.717) is 32.4 Å². The number of unbranched alkanes of at least 4 members (excludes halogenated alkanes) is 2. The predicted octanol–water partition coefficient (Wildman–Crippen LogP) is 0.978. The van der Waals surface area contributed by atoms with Gasteiger partial charge in [0.2, 0.25) is 0 Å². The van der Waals surface area contributed by atoms with Gasteiger partial charge < -0.3 is 0 Å². The van der Waals surface area contributed by atoms with E-state index in [4.69, 9.17) is 16.7 Å². The number of carbonyl (C=O) groups excluding carboxylic acids is 4. The van der Waals surface area contributed by atoms with Gasteiger partial charge in [-0.15, -0.1) is 0 Å². The van der Waals surface area contributed by atoms with E-state index in [9.17, 15) is 19.2 Å². The van der Waals surface area contributed by atoms with Gasteiger partial charge in [-0.25, -0.2) is 0 Å². The molecule has 1 aliphatic heterocycles. The molecule has 23 heavy (non-hydrogen) atoms. The van der Waals surface area contributed by atoms with Crippen LogP contribution in [-0.2, 0) is 23.4 Å². The molecule has 3 amide bonds. The summed E-state index contributed by atoms with van der Waals surface area (Å²) in [5.74, 6) is -1.36. The van der Waals surface area contributed by atoms with Crippen molar-refractivity contribution >= 4 is 42.3 Å². The molecule has 0 saturated heterocycles. The average Bonchev–Trinajstić information content (AvgIpc) is 2.71. The first kappa shape index (κ1) is 19.3. The van der Waals surface area contributed by atoms with Crippen LogP contribution in [0.15, 0.2) is 12.2 Å². The van der Waals surface area contributed by atoms with E-state index in [1.807, 2.05) is 0 Å². The van der Waals surface area contributed by atoms with Gasteiger partial charge in [-0.2, -0.15) is 0 Å². The summed E-state index contributed by atoms with van der Waals surface area (Å²) in [6.07, 6.45) is 3.51. The van der Waals surface area contributed by atoms with Crippen molar-refractivity contribution in [3.8, 4) is 0 Å². The van der Waals surface area contributed by atoms with Gasteiger partial charge in [0, 0.05) is 0 Å². The summed E-state index contributed by atoms with van der Waals surface area (Å²) >= 11 is 5.60. The van der Waals surface area contributed by atoms with E-state index in [1.54, 1.807) is 0 Å². The van der Waals surface area contributed by atoms with E-state index >= 15 is 0 Å². The normalized spacial score (nSPS) is 14.8. The summed E-state index contributed by atoms with van der Waals surface area (Å²) in [4.78, 5) is 45.9.